The lowest BCUT2D eigenvalue weighted by atomic mass is 10.1. The molecule has 1 amide bonds. The van der Waals surface area contributed by atoms with Gasteiger partial charge in [0.2, 0.25) is 0 Å². The Morgan fingerprint density at radius 1 is 1.30 bits per heavy atom. The van der Waals surface area contributed by atoms with Crippen LogP contribution < -0.4 is 14.8 Å². The highest BCUT2D eigenvalue weighted by Crippen LogP contribution is 2.33. The number of nitrogens with zero attached hydrogens (tertiary/aromatic N) is 1. The number of nitrogens with one attached hydrogen (secondary N) is 1. The van der Waals surface area contributed by atoms with Gasteiger partial charge >= 0.3 is 0 Å². The van der Waals surface area contributed by atoms with Crippen molar-refractivity contribution in [1.29, 1.82) is 0 Å². The fourth-order valence-electron chi connectivity index (χ4n) is 3.24. The third kappa shape index (κ3) is 3.96. The number of rotatable bonds is 7. The second kappa shape index (κ2) is 8.20. The van der Waals surface area contributed by atoms with Crippen LogP contribution in [-0.4, -0.2) is 50.7 Å². The van der Waals surface area contributed by atoms with Crippen LogP contribution in [0.5, 0.6) is 11.5 Å². The van der Waals surface area contributed by atoms with Crippen LogP contribution in [0.3, 0.4) is 0 Å². The van der Waals surface area contributed by atoms with E-state index in [0.29, 0.717) is 29.6 Å². The molecule has 0 aliphatic carbocycles. The largest absolute Gasteiger partial charge is 0.493 e. The fourth-order valence-corrected chi connectivity index (χ4v) is 3.24. The summed E-state index contributed by atoms with van der Waals surface area (Å²) >= 11 is 0. The Hall–Kier alpha value is -1.75. The molecular formula is C18H28N2O3. The number of methoxy groups -OCH3 is 2. The normalized spacial score (nSPS) is 18.0. The molecular weight excluding hydrogens is 292 g/mol. The van der Waals surface area contributed by atoms with Crippen molar-refractivity contribution in [3.8, 4) is 11.5 Å². The number of hydrogen-bond donors (Lipinski definition) is 1. The van der Waals surface area contributed by atoms with Crippen LogP contribution in [0.1, 0.15) is 42.6 Å². The Morgan fingerprint density at radius 3 is 2.70 bits per heavy atom. The highest BCUT2D eigenvalue weighted by atomic mass is 16.5. The average Bonchev–Trinajstić information content (AvgIpc) is 3.05. The molecule has 1 aliphatic rings. The molecule has 2 rings (SSSR count). The van der Waals surface area contributed by atoms with E-state index in [9.17, 15) is 4.79 Å². The molecule has 1 atom stereocenters. The quantitative estimate of drug-likeness (QED) is 0.838. The summed E-state index contributed by atoms with van der Waals surface area (Å²) in [6.07, 6.45) is 3.19. The van der Waals surface area contributed by atoms with Gasteiger partial charge in [-0.1, -0.05) is 13.8 Å². The van der Waals surface area contributed by atoms with Gasteiger partial charge in [0.05, 0.1) is 19.8 Å². The molecule has 1 N–H and O–H groups in total. The van der Waals surface area contributed by atoms with Gasteiger partial charge in [-0.2, -0.15) is 0 Å². The van der Waals surface area contributed by atoms with Crippen LogP contribution in [-0.2, 0) is 6.42 Å². The molecule has 0 aromatic heterocycles. The van der Waals surface area contributed by atoms with E-state index in [4.69, 9.17) is 9.47 Å². The van der Waals surface area contributed by atoms with E-state index in [1.807, 2.05) is 12.1 Å². The first-order valence-electron chi connectivity index (χ1n) is 8.41. The number of aryl methyl sites for hydroxylation is 1. The van der Waals surface area contributed by atoms with Crippen molar-refractivity contribution in [2.75, 3.05) is 33.9 Å². The summed E-state index contributed by atoms with van der Waals surface area (Å²) in [5, 5.41) is 3.07. The van der Waals surface area contributed by atoms with Crippen LogP contribution >= 0.6 is 0 Å². The molecule has 0 spiro atoms. The Labute approximate surface area is 139 Å². The van der Waals surface area contributed by atoms with Gasteiger partial charge in [0.15, 0.2) is 11.5 Å². The van der Waals surface area contributed by atoms with Crippen molar-refractivity contribution < 1.29 is 14.3 Å². The second-order valence-corrected chi connectivity index (χ2v) is 5.87. The van der Waals surface area contributed by atoms with E-state index in [0.717, 1.165) is 31.5 Å². The lowest BCUT2D eigenvalue weighted by molar-refractivity contribution is 0.0937. The van der Waals surface area contributed by atoms with Crippen LogP contribution in [0, 0.1) is 0 Å². The highest BCUT2D eigenvalue weighted by molar-refractivity contribution is 5.98. The Balaban J connectivity index is 2.14. The van der Waals surface area contributed by atoms with Crippen molar-refractivity contribution in [3.05, 3.63) is 23.3 Å². The van der Waals surface area contributed by atoms with Gasteiger partial charge in [0, 0.05) is 12.6 Å². The van der Waals surface area contributed by atoms with E-state index in [2.05, 4.69) is 24.1 Å². The number of carbonyl (C=O) groups is 1. The Kier molecular flexibility index (Phi) is 6.28. The minimum atomic E-state index is -0.0987. The van der Waals surface area contributed by atoms with Gasteiger partial charge in [-0.25, -0.2) is 0 Å². The fraction of sp³-hybridized carbons (Fsp3) is 0.611. The maximum Gasteiger partial charge on any atom is 0.255 e. The summed E-state index contributed by atoms with van der Waals surface area (Å²) in [5.74, 6) is 1.01. The first-order valence-corrected chi connectivity index (χ1v) is 8.41. The molecule has 1 aromatic carbocycles. The van der Waals surface area contributed by atoms with Gasteiger partial charge in [-0.15, -0.1) is 0 Å². The average molecular weight is 320 g/mol. The third-order valence-corrected chi connectivity index (χ3v) is 4.60. The molecule has 0 unspecified atom stereocenters. The number of benzene rings is 1. The molecule has 1 heterocycles. The smallest absolute Gasteiger partial charge is 0.255 e. The summed E-state index contributed by atoms with van der Waals surface area (Å²) in [6.45, 7) is 7.05. The maximum absolute atomic E-state index is 12.6. The van der Waals surface area contributed by atoms with E-state index >= 15 is 0 Å². The molecule has 1 aliphatic heterocycles. The van der Waals surface area contributed by atoms with Crippen LogP contribution in [0.2, 0.25) is 0 Å². The maximum atomic E-state index is 12.6. The number of likely N-dealkylation sites (N-methyl/N-ethyl adjacent to an activating group) is 1. The standard InChI is InChI=1S/C18H28N2O3/c1-5-13-10-15(17(23-4)16(11-13)22-3)18(21)19-12-14-8-7-9-20(14)6-2/h10-11,14H,5-9,12H2,1-4H3,(H,19,21)/t14-/m0/s1. The van der Waals surface area contributed by atoms with Crippen molar-refractivity contribution in [1.82, 2.24) is 10.2 Å². The minimum absolute atomic E-state index is 0.0987. The predicted octanol–water partition coefficient (Wildman–Crippen LogP) is 2.48. The van der Waals surface area contributed by atoms with Crippen LogP contribution in [0.15, 0.2) is 12.1 Å². The number of likely N-dealkylation sites (tertiary alicyclic amines) is 1. The van der Waals surface area contributed by atoms with Gasteiger partial charge < -0.3 is 14.8 Å². The Morgan fingerprint density at radius 2 is 2.09 bits per heavy atom. The van der Waals surface area contributed by atoms with Gasteiger partial charge in [0.1, 0.15) is 0 Å². The zero-order valence-corrected chi connectivity index (χ0v) is 14.6. The molecule has 5 heteroatoms. The predicted molar refractivity (Wildman–Crippen MR) is 91.5 cm³/mol. The molecule has 23 heavy (non-hydrogen) atoms. The molecule has 0 bridgehead atoms. The Bertz CT molecular complexity index is 545. The zero-order chi connectivity index (χ0) is 16.8. The molecule has 128 valence electrons. The van der Waals surface area contributed by atoms with Crippen molar-refractivity contribution >= 4 is 5.91 Å². The SMILES string of the molecule is CCc1cc(OC)c(OC)c(C(=O)NC[C@@H]2CCCN2CC)c1. The van der Waals surface area contributed by atoms with E-state index in [1.54, 1.807) is 14.2 Å². The summed E-state index contributed by atoms with van der Waals surface area (Å²) in [6, 6.07) is 4.25. The van der Waals surface area contributed by atoms with Crippen molar-refractivity contribution in [3.63, 3.8) is 0 Å². The lowest BCUT2D eigenvalue weighted by Crippen LogP contribution is -2.40. The summed E-state index contributed by atoms with van der Waals surface area (Å²) in [4.78, 5) is 15.1. The molecule has 5 nitrogen and oxygen atoms in total. The van der Waals surface area contributed by atoms with Crippen LogP contribution in [0.25, 0.3) is 0 Å². The van der Waals surface area contributed by atoms with E-state index < -0.39 is 0 Å². The zero-order valence-electron chi connectivity index (χ0n) is 14.6. The molecule has 1 fully saturated rings. The lowest BCUT2D eigenvalue weighted by Gasteiger charge is -2.23. The monoisotopic (exact) mass is 320 g/mol. The molecule has 1 saturated heterocycles. The number of carbonyl (C=O) groups excluding carboxylic acids is 1. The minimum Gasteiger partial charge on any atom is -0.493 e. The van der Waals surface area contributed by atoms with Crippen molar-refractivity contribution in [2.24, 2.45) is 0 Å². The van der Waals surface area contributed by atoms with Crippen molar-refractivity contribution in [2.45, 2.75) is 39.2 Å². The first-order chi connectivity index (χ1) is 11.1. The molecule has 0 radical (unpaired) electrons. The van der Waals surface area contributed by atoms with E-state index in [-0.39, 0.29) is 5.91 Å². The molecule has 1 aromatic rings. The number of ether oxygens (including phenoxy) is 2. The summed E-state index contributed by atoms with van der Waals surface area (Å²) < 4.78 is 10.8. The highest BCUT2D eigenvalue weighted by Gasteiger charge is 2.24. The van der Waals surface area contributed by atoms with Gasteiger partial charge in [0.25, 0.3) is 5.91 Å². The van der Waals surface area contributed by atoms with Crippen LogP contribution in [0.4, 0.5) is 0 Å². The first kappa shape index (κ1) is 17.6. The number of amides is 1. The number of hydrogen-bond acceptors (Lipinski definition) is 4. The third-order valence-electron chi connectivity index (χ3n) is 4.60. The van der Waals surface area contributed by atoms with E-state index in [1.165, 1.54) is 6.42 Å². The molecule has 0 saturated carbocycles. The second-order valence-electron chi connectivity index (χ2n) is 5.87. The topological polar surface area (TPSA) is 50.8 Å². The summed E-state index contributed by atoms with van der Waals surface area (Å²) in [7, 11) is 3.16. The van der Waals surface area contributed by atoms with Gasteiger partial charge in [-0.05, 0) is 50.0 Å². The summed E-state index contributed by atoms with van der Waals surface area (Å²) in [5.41, 5.74) is 1.61. The van der Waals surface area contributed by atoms with Gasteiger partial charge in [-0.3, -0.25) is 9.69 Å².